The minimum atomic E-state index is -1.21. The molecule has 0 aliphatic rings. The van der Waals surface area contributed by atoms with E-state index < -0.39 is 43.0 Å². The van der Waals surface area contributed by atoms with E-state index in [1.165, 1.54) is 0 Å². The Balaban J connectivity index is 4.21. The standard InChI is InChI=1S/C11H22N6O5/c12-6(5-18)9(20)16-4-8(19)17-7(10(21)22)2-1-3-15-11(13)14/h6-7,18H,1-5,12H2,(H,16,20)(H,17,19)(H,21,22)(H4,13,14,15)/t6-,7-/m0/s1. The van der Waals surface area contributed by atoms with Gasteiger partial charge in [0.25, 0.3) is 0 Å². The molecule has 11 nitrogen and oxygen atoms in total. The highest BCUT2D eigenvalue weighted by molar-refractivity contribution is 5.89. The van der Waals surface area contributed by atoms with E-state index in [0.29, 0.717) is 6.42 Å². The Morgan fingerprint density at radius 2 is 1.86 bits per heavy atom. The lowest BCUT2D eigenvalue weighted by Gasteiger charge is -2.15. The van der Waals surface area contributed by atoms with Crippen LogP contribution in [0, 0.1) is 0 Å². The molecule has 0 unspecified atom stereocenters. The van der Waals surface area contributed by atoms with Crippen molar-refractivity contribution in [3.8, 4) is 0 Å². The van der Waals surface area contributed by atoms with Gasteiger partial charge in [-0.25, -0.2) is 4.79 Å². The van der Waals surface area contributed by atoms with Crippen LogP contribution in [-0.4, -0.2) is 65.7 Å². The summed E-state index contributed by atoms with van der Waals surface area (Å²) in [6, 6.07) is -2.26. The molecule has 0 rings (SSSR count). The van der Waals surface area contributed by atoms with Gasteiger partial charge in [-0.2, -0.15) is 0 Å². The smallest absolute Gasteiger partial charge is 0.326 e. The summed E-state index contributed by atoms with van der Waals surface area (Å²) in [6.45, 7) is -0.760. The molecule has 10 N–H and O–H groups in total. The Kier molecular flexibility index (Phi) is 9.22. The number of nitrogens with one attached hydrogen (secondary N) is 2. The van der Waals surface area contributed by atoms with Crippen LogP contribution in [0.1, 0.15) is 12.8 Å². The Bertz CT molecular complexity index is 423. The fourth-order valence-electron chi connectivity index (χ4n) is 1.39. The number of amides is 2. The minimum absolute atomic E-state index is 0.0983. The highest BCUT2D eigenvalue weighted by Crippen LogP contribution is 1.98. The molecule has 2 amide bonds. The van der Waals surface area contributed by atoms with Gasteiger partial charge in [0.05, 0.1) is 13.2 Å². The molecule has 0 saturated heterocycles. The summed E-state index contributed by atoms with van der Waals surface area (Å²) in [4.78, 5) is 37.5. The van der Waals surface area contributed by atoms with Crippen LogP contribution < -0.4 is 27.8 Å². The summed E-state index contributed by atoms with van der Waals surface area (Å²) in [5, 5.41) is 22.1. The third-order valence-electron chi connectivity index (χ3n) is 2.54. The second-order valence-corrected chi connectivity index (χ2v) is 4.41. The Labute approximate surface area is 126 Å². The maximum absolute atomic E-state index is 11.6. The van der Waals surface area contributed by atoms with E-state index in [1.807, 2.05) is 0 Å². The van der Waals surface area contributed by atoms with Crippen LogP contribution in [0.4, 0.5) is 0 Å². The van der Waals surface area contributed by atoms with Crippen molar-refractivity contribution in [1.29, 1.82) is 0 Å². The zero-order chi connectivity index (χ0) is 17.1. The van der Waals surface area contributed by atoms with E-state index >= 15 is 0 Å². The number of carbonyl (C=O) groups excluding carboxylic acids is 2. The normalized spacial score (nSPS) is 12.8. The highest BCUT2D eigenvalue weighted by Gasteiger charge is 2.20. The van der Waals surface area contributed by atoms with E-state index in [-0.39, 0.29) is 18.9 Å². The summed E-state index contributed by atoms with van der Waals surface area (Å²) < 4.78 is 0. The molecule has 0 heterocycles. The summed E-state index contributed by atoms with van der Waals surface area (Å²) in [5.41, 5.74) is 15.5. The first kappa shape index (κ1) is 19.6. The first-order valence-electron chi connectivity index (χ1n) is 6.49. The van der Waals surface area contributed by atoms with Crippen LogP contribution in [0.5, 0.6) is 0 Å². The fourth-order valence-corrected chi connectivity index (χ4v) is 1.39. The van der Waals surface area contributed by atoms with Crippen LogP contribution in [0.25, 0.3) is 0 Å². The lowest BCUT2D eigenvalue weighted by Crippen LogP contribution is -2.49. The average Bonchev–Trinajstić information content (AvgIpc) is 2.46. The molecule has 0 spiro atoms. The van der Waals surface area contributed by atoms with E-state index in [2.05, 4.69) is 15.6 Å². The molecule has 0 saturated carbocycles. The number of carboxylic acid groups (broad SMARTS) is 1. The number of hydrogen-bond donors (Lipinski definition) is 7. The fraction of sp³-hybridized carbons (Fsp3) is 0.636. The van der Waals surface area contributed by atoms with Gasteiger partial charge in [0.15, 0.2) is 5.96 Å². The first-order chi connectivity index (χ1) is 10.3. The quantitative estimate of drug-likeness (QED) is 0.120. The van der Waals surface area contributed by atoms with Gasteiger partial charge in [0.2, 0.25) is 11.8 Å². The number of aliphatic hydroxyl groups is 1. The van der Waals surface area contributed by atoms with Gasteiger partial charge in [-0.15, -0.1) is 0 Å². The average molecular weight is 318 g/mol. The molecule has 0 fully saturated rings. The van der Waals surface area contributed by atoms with E-state index in [0.717, 1.165) is 0 Å². The number of hydrogen-bond acceptors (Lipinski definition) is 6. The second-order valence-electron chi connectivity index (χ2n) is 4.41. The maximum Gasteiger partial charge on any atom is 0.326 e. The van der Waals surface area contributed by atoms with Crippen LogP contribution in [0.15, 0.2) is 4.99 Å². The van der Waals surface area contributed by atoms with E-state index in [1.54, 1.807) is 0 Å². The molecular weight excluding hydrogens is 296 g/mol. The van der Waals surface area contributed by atoms with Crippen molar-refractivity contribution >= 4 is 23.7 Å². The van der Waals surface area contributed by atoms with Gasteiger partial charge < -0.3 is 38.0 Å². The van der Waals surface area contributed by atoms with E-state index in [9.17, 15) is 14.4 Å². The summed E-state index contributed by atoms with van der Waals surface area (Å²) in [7, 11) is 0. The van der Waals surface area contributed by atoms with Crippen molar-refractivity contribution in [2.75, 3.05) is 19.7 Å². The van der Waals surface area contributed by atoms with Crippen molar-refractivity contribution in [1.82, 2.24) is 10.6 Å². The van der Waals surface area contributed by atoms with Gasteiger partial charge in [-0.3, -0.25) is 14.6 Å². The molecule has 0 aromatic rings. The molecule has 11 heteroatoms. The number of nitrogens with two attached hydrogens (primary N) is 3. The Hall–Kier alpha value is -2.40. The lowest BCUT2D eigenvalue weighted by atomic mass is 10.1. The summed E-state index contributed by atoms with van der Waals surface area (Å²) >= 11 is 0. The van der Waals surface area contributed by atoms with Gasteiger partial charge >= 0.3 is 5.97 Å². The monoisotopic (exact) mass is 318 g/mol. The molecule has 0 bridgehead atoms. The number of carboxylic acids is 1. The number of carbonyl (C=O) groups is 3. The van der Waals surface area contributed by atoms with Gasteiger partial charge in [0, 0.05) is 6.54 Å². The molecule has 126 valence electrons. The molecule has 2 atom stereocenters. The third-order valence-corrected chi connectivity index (χ3v) is 2.54. The topological polar surface area (TPSA) is 206 Å². The summed E-state index contributed by atoms with van der Waals surface area (Å²) in [5.74, 6) is -2.71. The molecule has 0 aliphatic carbocycles. The number of nitrogens with zero attached hydrogens (tertiary/aromatic N) is 1. The molecule has 0 aromatic heterocycles. The van der Waals surface area contributed by atoms with Crippen molar-refractivity contribution in [2.24, 2.45) is 22.2 Å². The van der Waals surface area contributed by atoms with Gasteiger partial charge in [-0.05, 0) is 12.8 Å². The summed E-state index contributed by atoms with van der Waals surface area (Å²) in [6.07, 6.45) is 0.485. The lowest BCUT2D eigenvalue weighted by molar-refractivity contribution is -0.141. The maximum atomic E-state index is 11.6. The molecule has 0 radical (unpaired) electrons. The van der Waals surface area contributed by atoms with Crippen LogP contribution in [0.3, 0.4) is 0 Å². The van der Waals surface area contributed by atoms with Crippen LogP contribution in [-0.2, 0) is 14.4 Å². The second kappa shape index (κ2) is 10.3. The van der Waals surface area contributed by atoms with Crippen molar-refractivity contribution in [2.45, 2.75) is 24.9 Å². The number of guanidine groups is 1. The number of rotatable bonds is 10. The zero-order valence-electron chi connectivity index (χ0n) is 12.0. The third kappa shape index (κ3) is 8.71. The Morgan fingerprint density at radius 3 is 2.36 bits per heavy atom. The van der Waals surface area contributed by atoms with Crippen molar-refractivity contribution < 1.29 is 24.6 Å². The van der Waals surface area contributed by atoms with E-state index in [4.69, 9.17) is 27.4 Å². The predicted molar refractivity (Wildman–Crippen MR) is 77.5 cm³/mol. The first-order valence-corrected chi connectivity index (χ1v) is 6.49. The number of aliphatic carboxylic acids is 1. The van der Waals surface area contributed by atoms with Gasteiger partial charge in [-0.1, -0.05) is 0 Å². The molecule has 0 aliphatic heterocycles. The largest absolute Gasteiger partial charge is 0.480 e. The number of aliphatic hydroxyl groups excluding tert-OH is 1. The molecular formula is C11H22N6O5. The van der Waals surface area contributed by atoms with Crippen molar-refractivity contribution in [3.63, 3.8) is 0 Å². The SMILES string of the molecule is NC(N)=NCCC[C@H](NC(=O)CNC(=O)[C@@H](N)CO)C(=O)O. The number of aliphatic imine (C=N–C) groups is 1. The predicted octanol–water partition coefficient (Wildman–Crippen LogP) is -3.95. The van der Waals surface area contributed by atoms with Crippen LogP contribution >= 0.6 is 0 Å². The highest BCUT2D eigenvalue weighted by atomic mass is 16.4. The van der Waals surface area contributed by atoms with Crippen LogP contribution in [0.2, 0.25) is 0 Å². The molecule has 22 heavy (non-hydrogen) atoms. The minimum Gasteiger partial charge on any atom is -0.480 e. The molecule has 0 aromatic carbocycles. The Morgan fingerprint density at radius 1 is 1.23 bits per heavy atom. The zero-order valence-corrected chi connectivity index (χ0v) is 12.0. The van der Waals surface area contributed by atoms with Crippen molar-refractivity contribution in [3.05, 3.63) is 0 Å². The van der Waals surface area contributed by atoms with Gasteiger partial charge in [0.1, 0.15) is 12.1 Å².